The van der Waals surface area contributed by atoms with Gasteiger partial charge in [0.25, 0.3) is 5.91 Å². The van der Waals surface area contributed by atoms with Gasteiger partial charge in [-0.05, 0) is 32.0 Å². The van der Waals surface area contributed by atoms with Gasteiger partial charge in [0.2, 0.25) is 0 Å². The summed E-state index contributed by atoms with van der Waals surface area (Å²) in [6, 6.07) is 9.10. The third kappa shape index (κ3) is 4.80. The molecule has 12 nitrogen and oxygen atoms in total. The molecule has 0 spiro atoms. The Labute approximate surface area is 201 Å². The number of nitrogens with two attached hydrogens (primary N) is 1. The van der Waals surface area contributed by atoms with E-state index in [-0.39, 0.29) is 17.2 Å². The normalized spacial score (nSPS) is 16.1. The summed E-state index contributed by atoms with van der Waals surface area (Å²) < 4.78 is 6.66. The van der Waals surface area contributed by atoms with Gasteiger partial charge in [0.1, 0.15) is 11.8 Å². The quantitative estimate of drug-likeness (QED) is 0.484. The summed E-state index contributed by atoms with van der Waals surface area (Å²) in [5.41, 5.74) is 7.66. The van der Waals surface area contributed by atoms with E-state index in [1.165, 1.54) is 16.8 Å². The van der Waals surface area contributed by atoms with Crippen molar-refractivity contribution in [2.45, 2.75) is 18.9 Å². The number of ether oxygens (including phenoxy) is 1. The van der Waals surface area contributed by atoms with Crippen LogP contribution in [0.25, 0.3) is 5.65 Å². The molecule has 35 heavy (non-hydrogen) atoms. The van der Waals surface area contributed by atoms with E-state index in [9.17, 15) is 14.9 Å². The van der Waals surface area contributed by atoms with Crippen LogP contribution in [0.5, 0.6) is 5.75 Å². The van der Waals surface area contributed by atoms with Crippen LogP contribution in [0.15, 0.2) is 30.5 Å². The van der Waals surface area contributed by atoms with E-state index in [4.69, 9.17) is 10.5 Å². The van der Waals surface area contributed by atoms with Gasteiger partial charge in [0.05, 0.1) is 17.4 Å². The highest BCUT2D eigenvalue weighted by atomic mass is 16.5. The molecule has 0 radical (unpaired) electrons. The molecule has 2 amide bonds. The Bertz CT molecular complexity index is 1330. The zero-order valence-electron chi connectivity index (χ0n) is 19.2. The molecule has 1 saturated carbocycles. The molecule has 5 rings (SSSR count). The molecule has 0 atom stereocenters. The number of fused-ring (bicyclic) bond motifs is 1. The average Bonchev–Trinajstić information content (AvgIpc) is 3.55. The number of nitrogens with one attached hydrogen (secondary N) is 2. The average molecular weight is 476 g/mol. The fraction of sp³-hybridized carbons (Fsp3) is 0.348. The number of rotatable bonds is 6. The minimum absolute atomic E-state index is 0.0594. The van der Waals surface area contributed by atoms with Gasteiger partial charge in [0, 0.05) is 50.0 Å². The van der Waals surface area contributed by atoms with Crippen LogP contribution in [-0.2, 0) is 0 Å². The largest absolute Gasteiger partial charge is 0.410 e. The Morgan fingerprint density at radius 3 is 2.66 bits per heavy atom. The Morgan fingerprint density at radius 1 is 1.20 bits per heavy atom. The standard InChI is InChI=1S/C23H25N9O3/c1-30-6-8-31(9-7-30)22(33)17-5-4-15(10-19(17)35-23(25)34)28-20-11-18(27-14-2-3-14)21-26-13-16(12-24)32(21)29-20/h4-5,10-11,13-14,27H,2-3,6-9H2,1H3,(H2,25,34)(H,28,29). The highest BCUT2D eigenvalue weighted by molar-refractivity contribution is 5.98. The summed E-state index contributed by atoms with van der Waals surface area (Å²) in [4.78, 5) is 32.9. The van der Waals surface area contributed by atoms with Crippen LogP contribution in [0.4, 0.5) is 22.0 Å². The number of aromatic nitrogens is 3. The maximum atomic E-state index is 13.1. The zero-order valence-corrected chi connectivity index (χ0v) is 19.2. The summed E-state index contributed by atoms with van der Waals surface area (Å²) in [6.07, 6.45) is 2.60. The van der Waals surface area contributed by atoms with Crippen molar-refractivity contribution in [3.05, 3.63) is 41.7 Å². The lowest BCUT2D eigenvalue weighted by Gasteiger charge is -2.32. The van der Waals surface area contributed by atoms with E-state index >= 15 is 0 Å². The van der Waals surface area contributed by atoms with Crippen LogP contribution in [0.3, 0.4) is 0 Å². The molecular weight excluding hydrogens is 450 g/mol. The van der Waals surface area contributed by atoms with E-state index in [0.29, 0.717) is 42.0 Å². The smallest absolute Gasteiger partial charge is 0.409 e. The lowest BCUT2D eigenvalue weighted by molar-refractivity contribution is 0.0661. The maximum absolute atomic E-state index is 13.1. The molecule has 1 aliphatic heterocycles. The monoisotopic (exact) mass is 475 g/mol. The predicted octanol–water partition coefficient (Wildman–Crippen LogP) is 1.76. The molecule has 180 valence electrons. The van der Waals surface area contributed by atoms with Gasteiger partial charge in [-0.3, -0.25) is 4.79 Å². The van der Waals surface area contributed by atoms with Crippen molar-refractivity contribution in [2.24, 2.45) is 5.73 Å². The Morgan fingerprint density at radius 2 is 1.97 bits per heavy atom. The van der Waals surface area contributed by atoms with E-state index < -0.39 is 6.09 Å². The number of imidazole rings is 1. The van der Waals surface area contributed by atoms with Gasteiger partial charge >= 0.3 is 6.09 Å². The molecule has 4 N–H and O–H groups in total. The van der Waals surface area contributed by atoms with Crippen molar-refractivity contribution in [2.75, 3.05) is 43.9 Å². The number of primary amides is 1. The number of carbonyl (C=O) groups is 2. The topological polar surface area (TPSA) is 154 Å². The van der Waals surface area contributed by atoms with Crippen molar-refractivity contribution in [3.63, 3.8) is 0 Å². The first-order valence-electron chi connectivity index (χ1n) is 11.3. The molecule has 1 aromatic carbocycles. The third-order valence-corrected chi connectivity index (χ3v) is 6.00. The van der Waals surface area contributed by atoms with Crippen LogP contribution in [-0.4, -0.2) is 75.7 Å². The van der Waals surface area contributed by atoms with Crippen molar-refractivity contribution in [3.8, 4) is 11.8 Å². The van der Waals surface area contributed by atoms with E-state index in [1.807, 2.05) is 7.05 Å². The van der Waals surface area contributed by atoms with Crippen molar-refractivity contribution in [1.29, 1.82) is 5.26 Å². The number of benzene rings is 1. The minimum Gasteiger partial charge on any atom is -0.410 e. The van der Waals surface area contributed by atoms with Crippen LogP contribution in [0.2, 0.25) is 0 Å². The molecule has 2 fully saturated rings. The lowest BCUT2D eigenvalue weighted by Crippen LogP contribution is -2.47. The van der Waals surface area contributed by atoms with Crippen molar-refractivity contribution >= 4 is 34.8 Å². The number of piperazine rings is 1. The van der Waals surface area contributed by atoms with Crippen LogP contribution >= 0.6 is 0 Å². The summed E-state index contributed by atoms with van der Waals surface area (Å²) in [6.45, 7) is 2.69. The van der Waals surface area contributed by atoms with Gasteiger partial charge in [0.15, 0.2) is 17.2 Å². The van der Waals surface area contributed by atoms with E-state index in [1.54, 1.807) is 23.1 Å². The third-order valence-electron chi connectivity index (χ3n) is 6.00. The lowest BCUT2D eigenvalue weighted by atomic mass is 10.1. The molecule has 2 aliphatic rings. The second-order valence-corrected chi connectivity index (χ2v) is 8.71. The molecule has 2 aromatic heterocycles. The highest BCUT2D eigenvalue weighted by Gasteiger charge is 2.25. The minimum atomic E-state index is -1.01. The summed E-state index contributed by atoms with van der Waals surface area (Å²) in [7, 11) is 2.00. The van der Waals surface area contributed by atoms with Gasteiger partial charge in [-0.15, -0.1) is 5.10 Å². The molecule has 0 unspecified atom stereocenters. The fourth-order valence-corrected chi connectivity index (χ4v) is 3.96. The number of likely N-dealkylation sites (N-methyl/N-ethyl adjacent to an activating group) is 1. The molecule has 1 aliphatic carbocycles. The number of nitriles is 1. The molecule has 12 heteroatoms. The number of anilines is 3. The molecular formula is C23H25N9O3. The van der Waals surface area contributed by atoms with Gasteiger partial charge in [-0.1, -0.05) is 0 Å². The Balaban J connectivity index is 1.45. The van der Waals surface area contributed by atoms with Crippen LogP contribution in [0, 0.1) is 11.3 Å². The fourth-order valence-electron chi connectivity index (χ4n) is 3.96. The maximum Gasteiger partial charge on any atom is 0.409 e. The molecule has 3 aromatic rings. The Kier molecular flexibility index (Phi) is 5.84. The predicted molar refractivity (Wildman–Crippen MR) is 128 cm³/mol. The van der Waals surface area contributed by atoms with Crippen molar-refractivity contribution < 1.29 is 14.3 Å². The second-order valence-electron chi connectivity index (χ2n) is 8.71. The molecule has 3 heterocycles. The summed E-state index contributed by atoms with van der Waals surface area (Å²) in [5, 5.41) is 20.5. The van der Waals surface area contributed by atoms with Crippen LogP contribution in [0.1, 0.15) is 28.9 Å². The van der Waals surface area contributed by atoms with Gasteiger partial charge in [-0.25, -0.2) is 9.78 Å². The first-order chi connectivity index (χ1) is 16.9. The SMILES string of the molecule is CN1CCN(C(=O)c2ccc(Nc3cc(NC4CC4)c4ncc(C#N)n4n3)cc2OC(N)=O)CC1. The number of hydrogen-bond acceptors (Lipinski definition) is 9. The first-order valence-corrected chi connectivity index (χ1v) is 11.3. The summed E-state index contributed by atoms with van der Waals surface area (Å²) in [5.74, 6) is 0.274. The molecule has 0 bridgehead atoms. The van der Waals surface area contributed by atoms with Crippen LogP contribution < -0.4 is 21.1 Å². The number of amides is 2. The van der Waals surface area contributed by atoms with Gasteiger partial charge < -0.3 is 30.9 Å². The van der Waals surface area contributed by atoms with E-state index in [0.717, 1.165) is 31.6 Å². The van der Waals surface area contributed by atoms with Crippen molar-refractivity contribution in [1.82, 2.24) is 24.4 Å². The molecule has 1 saturated heterocycles. The first kappa shape index (κ1) is 22.4. The van der Waals surface area contributed by atoms with E-state index in [2.05, 4.69) is 31.7 Å². The summed E-state index contributed by atoms with van der Waals surface area (Å²) >= 11 is 0. The van der Waals surface area contributed by atoms with Gasteiger partial charge in [-0.2, -0.15) is 9.78 Å². The Hall–Kier alpha value is -4.37. The number of hydrogen-bond donors (Lipinski definition) is 3. The zero-order chi connectivity index (χ0) is 24.5. The number of carbonyl (C=O) groups excluding carboxylic acids is 2. The second kappa shape index (κ2) is 9.11. The number of nitrogens with zero attached hydrogens (tertiary/aromatic N) is 6. The highest BCUT2D eigenvalue weighted by Crippen LogP contribution is 2.31.